The highest BCUT2D eigenvalue weighted by molar-refractivity contribution is 4.86. The van der Waals surface area contributed by atoms with E-state index in [1.54, 1.807) is 7.11 Å². The lowest BCUT2D eigenvalue weighted by molar-refractivity contribution is 0.184. The molecule has 0 radical (unpaired) electrons. The van der Waals surface area contributed by atoms with Crippen LogP contribution in [0.3, 0.4) is 0 Å². The van der Waals surface area contributed by atoms with E-state index < -0.39 is 0 Å². The Morgan fingerprint density at radius 2 is 1.85 bits per heavy atom. The van der Waals surface area contributed by atoms with Crippen molar-refractivity contribution in [2.45, 2.75) is 56.9 Å². The van der Waals surface area contributed by atoms with Gasteiger partial charge in [0.05, 0.1) is 0 Å². The summed E-state index contributed by atoms with van der Waals surface area (Å²) in [6.45, 7) is 0.885. The zero-order valence-corrected chi connectivity index (χ0v) is 8.85. The minimum absolute atomic E-state index is 0.173. The Labute approximate surface area is 81.8 Å². The van der Waals surface area contributed by atoms with Gasteiger partial charge in [0.25, 0.3) is 0 Å². The molecule has 0 aromatic heterocycles. The van der Waals surface area contributed by atoms with Gasteiger partial charge in [0.2, 0.25) is 0 Å². The number of rotatable bonds is 5. The van der Waals surface area contributed by atoms with Crippen LogP contribution in [0.5, 0.6) is 0 Å². The van der Waals surface area contributed by atoms with E-state index in [4.69, 9.17) is 10.5 Å². The monoisotopic (exact) mass is 185 g/mol. The Morgan fingerprint density at radius 1 is 1.15 bits per heavy atom. The van der Waals surface area contributed by atoms with Crippen molar-refractivity contribution in [1.29, 1.82) is 0 Å². The molecule has 0 aliphatic heterocycles. The van der Waals surface area contributed by atoms with Crippen molar-refractivity contribution in [2.75, 3.05) is 13.7 Å². The van der Waals surface area contributed by atoms with Gasteiger partial charge in [-0.15, -0.1) is 0 Å². The summed E-state index contributed by atoms with van der Waals surface area (Å²) in [5.74, 6) is 0. The number of nitrogens with two attached hydrogens (primary N) is 1. The third kappa shape index (κ3) is 4.10. The first-order valence-electron chi connectivity index (χ1n) is 5.55. The summed E-state index contributed by atoms with van der Waals surface area (Å²) >= 11 is 0. The van der Waals surface area contributed by atoms with Gasteiger partial charge in [-0.2, -0.15) is 0 Å². The molecule has 2 nitrogen and oxygen atoms in total. The van der Waals surface area contributed by atoms with E-state index in [2.05, 4.69) is 0 Å². The molecule has 0 spiro atoms. The van der Waals surface area contributed by atoms with Gasteiger partial charge in [-0.3, -0.25) is 0 Å². The molecule has 2 heteroatoms. The van der Waals surface area contributed by atoms with Crippen molar-refractivity contribution < 1.29 is 4.74 Å². The van der Waals surface area contributed by atoms with Crippen molar-refractivity contribution in [1.82, 2.24) is 0 Å². The molecule has 0 amide bonds. The fourth-order valence-electron chi connectivity index (χ4n) is 2.23. The molecule has 0 unspecified atom stereocenters. The van der Waals surface area contributed by atoms with Gasteiger partial charge in [0, 0.05) is 19.3 Å². The lowest BCUT2D eigenvalue weighted by Crippen LogP contribution is -2.41. The maximum atomic E-state index is 6.30. The summed E-state index contributed by atoms with van der Waals surface area (Å²) < 4.78 is 5.02. The fraction of sp³-hybridized carbons (Fsp3) is 1.00. The number of hydrogen-bond acceptors (Lipinski definition) is 2. The highest BCUT2D eigenvalue weighted by Gasteiger charge is 2.26. The highest BCUT2D eigenvalue weighted by Crippen LogP contribution is 2.29. The van der Waals surface area contributed by atoms with E-state index in [1.807, 2.05) is 0 Å². The van der Waals surface area contributed by atoms with Crippen LogP contribution < -0.4 is 5.73 Å². The highest BCUT2D eigenvalue weighted by atomic mass is 16.5. The Bertz CT molecular complexity index is 130. The van der Waals surface area contributed by atoms with Gasteiger partial charge < -0.3 is 10.5 Å². The maximum Gasteiger partial charge on any atom is 0.0462 e. The molecule has 0 heterocycles. The molecular weight excluding hydrogens is 162 g/mol. The molecule has 0 aromatic carbocycles. The standard InChI is InChI=1S/C11H23NO/c1-13-10-6-5-9-11(12)7-3-2-4-8-11/h2-10,12H2,1H3. The Hall–Kier alpha value is -0.0800. The maximum absolute atomic E-state index is 6.30. The number of ether oxygens (including phenoxy) is 1. The summed E-state index contributed by atoms with van der Waals surface area (Å²) in [4.78, 5) is 0. The van der Waals surface area contributed by atoms with E-state index in [0.717, 1.165) is 13.0 Å². The second-order valence-corrected chi connectivity index (χ2v) is 4.37. The summed E-state index contributed by atoms with van der Waals surface area (Å²) in [5.41, 5.74) is 6.47. The van der Waals surface area contributed by atoms with Gasteiger partial charge in [0.1, 0.15) is 0 Å². The van der Waals surface area contributed by atoms with E-state index >= 15 is 0 Å². The van der Waals surface area contributed by atoms with Gasteiger partial charge in [-0.05, 0) is 32.1 Å². The number of hydrogen-bond donors (Lipinski definition) is 1. The van der Waals surface area contributed by atoms with Crippen LogP contribution in [-0.4, -0.2) is 19.3 Å². The van der Waals surface area contributed by atoms with Crippen LogP contribution in [0.4, 0.5) is 0 Å². The molecule has 78 valence electrons. The first kappa shape index (κ1) is 11.0. The number of unbranched alkanes of at least 4 members (excludes halogenated alkanes) is 1. The van der Waals surface area contributed by atoms with Crippen molar-refractivity contribution >= 4 is 0 Å². The zero-order chi connectivity index (χ0) is 9.57. The summed E-state index contributed by atoms with van der Waals surface area (Å²) in [7, 11) is 1.76. The third-order valence-electron chi connectivity index (χ3n) is 3.12. The molecular formula is C11H23NO. The molecule has 1 aliphatic rings. The second kappa shape index (κ2) is 5.61. The Kier molecular flexibility index (Phi) is 4.74. The van der Waals surface area contributed by atoms with Crippen molar-refractivity contribution in [3.8, 4) is 0 Å². The van der Waals surface area contributed by atoms with Crippen LogP contribution in [-0.2, 0) is 4.74 Å². The van der Waals surface area contributed by atoms with Gasteiger partial charge in [0.15, 0.2) is 0 Å². The SMILES string of the molecule is COCCCCC1(N)CCCCC1. The number of methoxy groups -OCH3 is 1. The Balaban J connectivity index is 2.10. The predicted octanol–water partition coefficient (Wildman–Crippen LogP) is 2.46. The molecule has 0 aromatic rings. The van der Waals surface area contributed by atoms with Crippen LogP contribution in [0.2, 0.25) is 0 Å². The first-order chi connectivity index (χ1) is 6.27. The lowest BCUT2D eigenvalue weighted by atomic mass is 9.79. The van der Waals surface area contributed by atoms with Gasteiger partial charge in [-0.1, -0.05) is 19.3 Å². The molecule has 1 rings (SSSR count). The Morgan fingerprint density at radius 3 is 2.46 bits per heavy atom. The molecule has 13 heavy (non-hydrogen) atoms. The zero-order valence-electron chi connectivity index (χ0n) is 8.85. The van der Waals surface area contributed by atoms with Crippen LogP contribution in [0, 0.1) is 0 Å². The largest absolute Gasteiger partial charge is 0.385 e. The summed E-state index contributed by atoms with van der Waals surface area (Å²) in [6, 6.07) is 0. The molecule has 2 N–H and O–H groups in total. The van der Waals surface area contributed by atoms with Crippen LogP contribution in [0.25, 0.3) is 0 Å². The molecule has 1 aliphatic carbocycles. The average molecular weight is 185 g/mol. The van der Waals surface area contributed by atoms with Crippen LogP contribution in [0.1, 0.15) is 51.4 Å². The normalized spacial score (nSPS) is 21.7. The van der Waals surface area contributed by atoms with Gasteiger partial charge >= 0.3 is 0 Å². The van der Waals surface area contributed by atoms with Crippen molar-refractivity contribution in [3.05, 3.63) is 0 Å². The molecule has 1 fully saturated rings. The van der Waals surface area contributed by atoms with E-state index in [1.165, 1.54) is 44.9 Å². The minimum Gasteiger partial charge on any atom is -0.385 e. The van der Waals surface area contributed by atoms with Crippen molar-refractivity contribution in [3.63, 3.8) is 0 Å². The van der Waals surface area contributed by atoms with Crippen LogP contribution in [0.15, 0.2) is 0 Å². The van der Waals surface area contributed by atoms with E-state index in [9.17, 15) is 0 Å². The molecule has 0 saturated heterocycles. The summed E-state index contributed by atoms with van der Waals surface area (Å²) in [5, 5.41) is 0. The minimum atomic E-state index is 0.173. The topological polar surface area (TPSA) is 35.2 Å². The average Bonchev–Trinajstić information content (AvgIpc) is 2.14. The third-order valence-corrected chi connectivity index (χ3v) is 3.12. The molecule has 1 saturated carbocycles. The summed E-state index contributed by atoms with van der Waals surface area (Å²) in [6.07, 6.45) is 10.1. The van der Waals surface area contributed by atoms with E-state index in [0.29, 0.717) is 0 Å². The molecule has 0 atom stereocenters. The fourth-order valence-corrected chi connectivity index (χ4v) is 2.23. The first-order valence-corrected chi connectivity index (χ1v) is 5.55. The van der Waals surface area contributed by atoms with Gasteiger partial charge in [-0.25, -0.2) is 0 Å². The van der Waals surface area contributed by atoms with Crippen LogP contribution >= 0.6 is 0 Å². The smallest absolute Gasteiger partial charge is 0.0462 e. The van der Waals surface area contributed by atoms with Crippen molar-refractivity contribution in [2.24, 2.45) is 5.73 Å². The predicted molar refractivity (Wildman–Crippen MR) is 55.7 cm³/mol. The second-order valence-electron chi connectivity index (χ2n) is 4.37. The van der Waals surface area contributed by atoms with E-state index in [-0.39, 0.29) is 5.54 Å². The lowest BCUT2D eigenvalue weighted by Gasteiger charge is -2.33. The molecule has 0 bridgehead atoms. The quantitative estimate of drug-likeness (QED) is 0.668.